The quantitative estimate of drug-likeness (QED) is 0.713. The van der Waals surface area contributed by atoms with Gasteiger partial charge in [-0.3, -0.25) is 4.79 Å². The standard InChI is InChI=1S/C19H23ClN2O2/c1-3-19(2,13-23)21-12-14-7-6-8-15(11-14)22-18(24)16-9-4-5-10-17(16)20/h4-11,21,23H,3,12-13H2,1-2H3,(H,22,24). The predicted octanol–water partition coefficient (Wildman–Crippen LogP) is 3.84. The minimum atomic E-state index is -0.309. The molecule has 1 amide bonds. The van der Waals surface area contributed by atoms with Crippen LogP contribution in [0.4, 0.5) is 5.69 Å². The molecule has 2 aromatic carbocycles. The number of nitrogens with one attached hydrogen (secondary N) is 2. The van der Waals surface area contributed by atoms with E-state index in [1.165, 1.54) is 0 Å². The molecule has 0 aliphatic rings. The minimum absolute atomic E-state index is 0.0758. The molecule has 0 bridgehead atoms. The molecule has 0 aliphatic heterocycles. The van der Waals surface area contributed by atoms with E-state index in [1.54, 1.807) is 24.3 Å². The van der Waals surface area contributed by atoms with E-state index < -0.39 is 0 Å². The van der Waals surface area contributed by atoms with Crippen LogP contribution in [0.15, 0.2) is 48.5 Å². The Morgan fingerprint density at radius 3 is 2.62 bits per heavy atom. The van der Waals surface area contributed by atoms with Crippen LogP contribution in [0, 0.1) is 0 Å². The molecule has 128 valence electrons. The van der Waals surface area contributed by atoms with Crippen LogP contribution in [0.25, 0.3) is 0 Å². The lowest BCUT2D eigenvalue weighted by Crippen LogP contribution is -2.44. The van der Waals surface area contributed by atoms with E-state index in [-0.39, 0.29) is 18.1 Å². The number of rotatable bonds is 7. The van der Waals surface area contributed by atoms with Gasteiger partial charge in [-0.1, -0.05) is 42.8 Å². The van der Waals surface area contributed by atoms with Crippen LogP contribution in [0.1, 0.15) is 36.2 Å². The van der Waals surface area contributed by atoms with Crippen LogP contribution in [-0.2, 0) is 6.54 Å². The van der Waals surface area contributed by atoms with Crippen LogP contribution in [0.3, 0.4) is 0 Å². The highest BCUT2D eigenvalue weighted by molar-refractivity contribution is 6.34. The number of aliphatic hydroxyl groups is 1. The topological polar surface area (TPSA) is 61.4 Å². The molecule has 5 heteroatoms. The molecule has 4 nitrogen and oxygen atoms in total. The van der Waals surface area contributed by atoms with Gasteiger partial charge >= 0.3 is 0 Å². The van der Waals surface area contributed by atoms with Crippen molar-refractivity contribution in [3.8, 4) is 0 Å². The average Bonchev–Trinajstić information content (AvgIpc) is 2.60. The summed E-state index contributed by atoms with van der Waals surface area (Å²) in [5, 5.41) is 16.1. The van der Waals surface area contributed by atoms with Crippen molar-refractivity contribution in [1.82, 2.24) is 5.32 Å². The molecule has 1 unspecified atom stereocenters. The van der Waals surface area contributed by atoms with E-state index in [1.807, 2.05) is 38.1 Å². The third-order valence-electron chi connectivity index (χ3n) is 4.15. The maximum Gasteiger partial charge on any atom is 0.257 e. The van der Waals surface area contributed by atoms with Gasteiger partial charge < -0.3 is 15.7 Å². The number of anilines is 1. The zero-order valence-electron chi connectivity index (χ0n) is 14.0. The van der Waals surface area contributed by atoms with Crippen molar-refractivity contribution in [3.63, 3.8) is 0 Å². The van der Waals surface area contributed by atoms with Crippen molar-refractivity contribution in [2.24, 2.45) is 0 Å². The van der Waals surface area contributed by atoms with E-state index >= 15 is 0 Å². The monoisotopic (exact) mass is 346 g/mol. The van der Waals surface area contributed by atoms with Crippen LogP contribution < -0.4 is 10.6 Å². The van der Waals surface area contributed by atoms with Crippen LogP contribution in [0.5, 0.6) is 0 Å². The summed E-state index contributed by atoms with van der Waals surface area (Å²) < 4.78 is 0. The molecule has 2 aromatic rings. The Balaban J connectivity index is 2.05. The van der Waals surface area contributed by atoms with Crippen LogP contribution >= 0.6 is 11.6 Å². The van der Waals surface area contributed by atoms with Crippen molar-refractivity contribution < 1.29 is 9.90 Å². The van der Waals surface area contributed by atoms with Gasteiger partial charge in [-0.15, -0.1) is 0 Å². The molecule has 0 aliphatic carbocycles. The highest BCUT2D eigenvalue weighted by atomic mass is 35.5. The SMILES string of the molecule is CCC(C)(CO)NCc1cccc(NC(=O)c2ccccc2Cl)c1. The third kappa shape index (κ3) is 4.81. The first-order valence-corrected chi connectivity index (χ1v) is 8.36. The van der Waals surface area contributed by atoms with Crippen molar-refractivity contribution in [2.75, 3.05) is 11.9 Å². The largest absolute Gasteiger partial charge is 0.394 e. The highest BCUT2D eigenvalue weighted by Crippen LogP contribution is 2.18. The van der Waals surface area contributed by atoms with Crippen LogP contribution in [0.2, 0.25) is 5.02 Å². The lowest BCUT2D eigenvalue weighted by atomic mass is 10.00. The van der Waals surface area contributed by atoms with Gasteiger partial charge in [0.25, 0.3) is 5.91 Å². The van der Waals surface area contributed by atoms with E-state index in [2.05, 4.69) is 10.6 Å². The summed E-state index contributed by atoms with van der Waals surface area (Å²) in [7, 11) is 0. The molecule has 0 saturated carbocycles. The Hall–Kier alpha value is -1.88. The molecule has 0 aromatic heterocycles. The Labute approximate surface area is 147 Å². The van der Waals surface area contributed by atoms with Gasteiger partial charge in [-0.2, -0.15) is 0 Å². The number of benzene rings is 2. The summed E-state index contributed by atoms with van der Waals surface area (Å²) >= 11 is 6.05. The van der Waals surface area contributed by atoms with Gasteiger partial charge in [-0.25, -0.2) is 0 Å². The first-order chi connectivity index (χ1) is 11.5. The fourth-order valence-corrected chi connectivity index (χ4v) is 2.43. The minimum Gasteiger partial charge on any atom is -0.394 e. The molecule has 0 heterocycles. The Kier molecular flexibility index (Phi) is 6.37. The zero-order valence-corrected chi connectivity index (χ0v) is 14.7. The summed E-state index contributed by atoms with van der Waals surface area (Å²) in [6, 6.07) is 14.6. The lowest BCUT2D eigenvalue weighted by molar-refractivity contribution is 0.102. The summed E-state index contributed by atoms with van der Waals surface area (Å²) in [4.78, 5) is 12.3. The normalized spacial score (nSPS) is 13.3. The summed E-state index contributed by atoms with van der Waals surface area (Å²) in [5.41, 5.74) is 1.87. The molecule has 3 N–H and O–H groups in total. The molecule has 0 fully saturated rings. The molecule has 0 radical (unpaired) electrons. The second-order valence-corrected chi connectivity index (χ2v) is 6.47. The molecule has 2 rings (SSSR count). The average molecular weight is 347 g/mol. The molecule has 1 atom stereocenters. The van der Waals surface area contributed by atoms with Gasteiger partial charge in [0.1, 0.15) is 0 Å². The number of hydrogen-bond acceptors (Lipinski definition) is 3. The first kappa shape index (κ1) is 18.5. The Morgan fingerprint density at radius 2 is 1.96 bits per heavy atom. The maximum atomic E-state index is 12.3. The lowest BCUT2D eigenvalue weighted by Gasteiger charge is -2.27. The molecule has 0 saturated heterocycles. The number of carbonyl (C=O) groups is 1. The second-order valence-electron chi connectivity index (χ2n) is 6.06. The smallest absolute Gasteiger partial charge is 0.257 e. The first-order valence-electron chi connectivity index (χ1n) is 7.98. The van der Waals surface area contributed by atoms with Gasteiger partial charge in [0.15, 0.2) is 0 Å². The highest BCUT2D eigenvalue weighted by Gasteiger charge is 2.19. The summed E-state index contributed by atoms with van der Waals surface area (Å²) in [6.45, 7) is 4.70. The van der Waals surface area contributed by atoms with E-state index in [0.717, 1.165) is 12.0 Å². The maximum absolute atomic E-state index is 12.3. The number of carbonyl (C=O) groups excluding carboxylic acids is 1. The Morgan fingerprint density at radius 1 is 1.21 bits per heavy atom. The fourth-order valence-electron chi connectivity index (χ4n) is 2.21. The van der Waals surface area contributed by atoms with Gasteiger partial charge in [0.2, 0.25) is 0 Å². The fraction of sp³-hybridized carbons (Fsp3) is 0.316. The molecule has 0 spiro atoms. The van der Waals surface area contributed by atoms with Crippen molar-refractivity contribution in [3.05, 3.63) is 64.7 Å². The predicted molar refractivity (Wildman–Crippen MR) is 98.5 cm³/mol. The molecular weight excluding hydrogens is 324 g/mol. The van der Waals surface area contributed by atoms with E-state index in [9.17, 15) is 9.90 Å². The van der Waals surface area contributed by atoms with Crippen molar-refractivity contribution in [2.45, 2.75) is 32.4 Å². The number of halogens is 1. The Bertz CT molecular complexity index is 699. The van der Waals surface area contributed by atoms with Gasteiger partial charge in [0.05, 0.1) is 17.2 Å². The number of amides is 1. The van der Waals surface area contributed by atoms with E-state index in [0.29, 0.717) is 22.8 Å². The third-order valence-corrected chi connectivity index (χ3v) is 4.48. The molecule has 24 heavy (non-hydrogen) atoms. The number of hydrogen-bond donors (Lipinski definition) is 3. The summed E-state index contributed by atoms with van der Waals surface area (Å²) in [6.07, 6.45) is 0.826. The number of aliphatic hydroxyl groups excluding tert-OH is 1. The van der Waals surface area contributed by atoms with Crippen LogP contribution in [-0.4, -0.2) is 23.2 Å². The van der Waals surface area contributed by atoms with Crippen molar-refractivity contribution >= 4 is 23.2 Å². The zero-order chi connectivity index (χ0) is 17.6. The van der Waals surface area contributed by atoms with Crippen molar-refractivity contribution in [1.29, 1.82) is 0 Å². The summed E-state index contributed by atoms with van der Waals surface area (Å²) in [5.74, 6) is -0.237. The second kappa shape index (κ2) is 8.29. The molecular formula is C19H23ClN2O2. The van der Waals surface area contributed by atoms with Gasteiger partial charge in [-0.05, 0) is 43.2 Å². The van der Waals surface area contributed by atoms with E-state index in [4.69, 9.17) is 11.6 Å². The van der Waals surface area contributed by atoms with Gasteiger partial charge in [0, 0.05) is 17.8 Å².